The highest BCUT2D eigenvalue weighted by Crippen LogP contribution is 2.05. The molecule has 9 nitrogen and oxygen atoms in total. The molecule has 1 atom stereocenters. The molecule has 1 rings (SSSR count). The summed E-state index contributed by atoms with van der Waals surface area (Å²) in [6.07, 6.45) is 1.54. The van der Waals surface area contributed by atoms with Gasteiger partial charge in [-0.1, -0.05) is 19.0 Å². The molecule has 1 heterocycles. The first kappa shape index (κ1) is 19.6. The van der Waals surface area contributed by atoms with Gasteiger partial charge in [-0.3, -0.25) is 9.59 Å². The van der Waals surface area contributed by atoms with Crippen molar-refractivity contribution in [2.45, 2.75) is 52.5 Å². The van der Waals surface area contributed by atoms with Gasteiger partial charge in [-0.15, -0.1) is 0 Å². The van der Waals surface area contributed by atoms with Crippen LogP contribution in [0.2, 0.25) is 0 Å². The smallest absolute Gasteiger partial charge is 0.326 e. The molecule has 0 spiro atoms. The van der Waals surface area contributed by atoms with Crippen molar-refractivity contribution in [3.8, 4) is 0 Å². The fourth-order valence-corrected chi connectivity index (χ4v) is 2.05. The van der Waals surface area contributed by atoms with E-state index >= 15 is 0 Å². The Morgan fingerprint density at radius 2 is 1.96 bits per heavy atom. The first-order chi connectivity index (χ1) is 11.3. The van der Waals surface area contributed by atoms with Gasteiger partial charge in [-0.05, 0) is 25.7 Å². The maximum absolute atomic E-state index is 11.7. The summed E-state index contributed by atoms with van der Waals surface area (Å²) in [4.78, 5) is 38.5. The Morgan fingerprint density at radius 3 is 2.50 bits per heavy atom. The number of rotatable bonds is 10. The Morgan fingerprint density at radius 1 is 1.25 bits per heavy atom. The molecule has 1 aromatic heterocycles. The number of aryl methyl sites for hydroxylation is 2. The monoisotopic (exact) mass is 340 g/mol. The predicted octanol–water partition coefficient (Wildman–Crippen LogP) is 0.432. The number of aromatic nitrogens is 2. The first-order valence-corrected chi connectivity index (χ1v) is 7.86. The summed E-state index contributed by atoms with van der Waals surface area (Å²) in [6.45, 7) is 5.20. The van der Waals surface area contributed by atoms with Crippen LogP contribution < -0.4 is 10.6 Å². The van der Waals surface area contributed by atoms with Crippen molar-refractivity contribution < 1.29 is 24.0 Å². The zero-order valence-corrected chi connectivity index (χ0v) is 14.2. The normalized spacial score (nSPS) is 12.0. The van der Waals surface area contributed by atoms with Gasteiger partial charge in [0.05, 0.1) is 6.54 Å². The second-order valence-electron chi connectivity index (χ2n) is 5.95. The minimum absolute atomic E-state index is 0.134. The van der Waals surface area contributed by atoms with Crippen LogP contribution in [0.25, 0.3) is 0 Å². The molecule has 0 saturated heterocycles. The van der Waals surface area contributed by atoms with Crippen LogP contribution in [0.5, 0.6) is 0 Å². The Hall–Kier alpha value is -2.45. The Balaban J connectivity index is 2.24. The van der Waals surface area contributed by atoms with Crippen molar-refractivity contribution in [1.82, 2.24) is 20.8 Å². The summed E-state index contributed by atoms with van der Waals surface area (Å²) in [5.41, 5.74) is 0. The number of carbonyl (C=O) groups is 3. The van der Waals surface area contributed by atoms with E-state index < -0.39 is 17.9 Å². The number of hydrogen-bond acceptors (Lipinski definition) is 6. The van der Waals surface area contributed by atoms with Crippen molar-refractivity contribution in [2.24, 2.45) is 5.92 Å². The third-order valence-electron chi connectivity index (χ3n) is 3.15. The van der Waals surface area contributed by atoms with E-state index in [1.807, 2.05) is 13.8 Å². The van der Waals surface area contributed by atoms with Crippen molar-refractivity contribution >= 4 is 17.8 Å². The van der Waals surface area contributed by atoms with Gasteiger partial charge >= 0.3 is 5.97 Å². The van der Waals surface area contributed by atoms with Crippen LogP contribution >= 0.6 is 0 Å². The maximum atomic E-state index is 11.7. The topological polar surface area (TPSA) is 134 Å². The van der Waals surface area contributed by atoms with Crippen LogP contribution in [0.1, 0.15) is 44.8 Å². The van der Waals surface area contributed by atoms with Crippen molar-refractivity contribution in [3.63, 3.8) is 0 Å². The summed E-state index contributed by atoms with van der Waals surface area (Å²) in [7, 11) is 0. The van der Waals surface area contributed by atoms with Crippen molar-refractivity contribution in [1.29, 1.82) is 0 Å². The van der Waals surface area contributed by atoms with Crippen LogP contribution in [0.4, 0.5) is 0 Å². The summed E-state index contributed by atoms with van der Waals surface area (Å²) < 4.78 is 4.93. The first-order valence-electron chi connectivity index (χ1n) is 7.86. The molecular weight excluding hydrogens is 316 g/mol. The predicted molar refractivity (Wildman–Crippen MR) is 84.0 cm³/mol. The number of hydrogen-bond donors (Lipinski definition) is 3. The molecule has 134 valence electrons. The molecule has 3 N–H and O–H groups in total. The molecule has 0 aliphatic carbocycles. The van der Waals surface area contributed by atoms with Crippen LogP contribution in [-0.4, -0.2) is 45.6 Å². The van der Waals surface area contributed by atoms with E-state index in [1.54, 1.807) is 6.92 Å². The highest BCUT2D eigenvalue weighted by molar-refractivity contribution is 5.87. The minimum atomic E-state index is -1.08. The lowest BCUT2D eigenvalue weighted by Crippen LogP contribution is -2.46. The Bertz CT molecular complexity index is 570. The third-order valence-corrected chi connectivity index (χ3v) is 3.15. The van der Waals surface area contributed by atoms with Gasteiger partial charge in [-0.25, -0.2) is 4.79 Å². The van der Waals surface area contributed by atoms with Crippen LogP contribution in [0.15, 0.2) is 4.52 Å². The lowest BCUT2D eigenvalue weighted by molar-refractivity contribution is -0.142. The summed E-state index contributed by atoms with van der Waals surface area (Å²) in [6, 6.07) is -0.949. The molecule has 0 bridgehead atoms. The molecule has 2 amide bonds. The number of carbonyl (C=O) groups excluding carboxylic acids is 2. The number of carboxylic acid groups (broad SMARTS) is 1. The van der Waals surface area contributed by atoms with Crippen LogP contribution in [-0.2, 0) is 20.8 Å². The van der Waals surface area contributed by atoms with Crippen LogP contribution in [0, 0.1) is 12.8 Å². The fourth-order valence-electron chi connectivity index (χ4n) is 2.05. The minimum Gasteiger partial charge on any atom is -0.480 e. The second kappa shape index (κ2) is 9.64. The lowest BCUT2D eigenvalue weighted by atomic mass is 10.0. The summed E-state index contributed by atoms with van der Waals surface area (Å²) >= 11 is 0. The van der Waals surface area contributed by atoms with E-state index in [0.29, 0.717) is 31.0 Å². The number of carboxylic acids is 1. The van der Waals surface area contributed by atoms with Gasteiger partial charge in [0.2, 0.25) is 17.7 Å². The fraction of sp³-hybridized carbons (Fsp3) is 0.667. The van der Waals surface area contributed by atoms with E-state index in [0.717, 1.165) is 0 Å². The van der Waals surface area contributed by atoms with Gasteiger partial charge in [0.1, 0.15) is 6.04 Å². The average Bonchev–Trinajstić information content (AvgIpc) is 2.89. The molecule has 0 aliphatic heterocycles. The summed E-state index contributed by atoms with van der Waals surface area (Å²) in [5, 5.41) is 17.6. The molecular formula is C15H24N4O5. The van der Waals surface area contributed by atoms with Gasteiger partial charge in [0.15, 0.2) is 5.82 Å². The van der Waals surface area contributed by atoms with E-state index in [2.05, 4.69) is 20.8 Å². The van der Waals surface area contributed by atoms with Gasteiger partial charge < -0.3 is 20.3 Å². The Labute approximate surface area is 140 Å². The molecule has 9 heteroatoms. The number of nitrogens with one attached hydrogen (secondary N) is 2. The highest BCUT2D eigenvalue weighted by Gasteiger charge is 2.21. The van der Waals surface area contributed by atoms with E-state index in [-0.39, 0.29) is 24.8 Å². The third kappa shape index (κ3) is 7.70. The summed E-state index contributed by atoms with van der Waals surface area (Å²) in [5.74, 6) is -0.759. The number of nitrogens with zero attached hydrogens (tertiary/aromatic N) is 2. The molecule has 24 heavy (non-hydrogen) atoms. The zero-order chi connectivity index (χ0) is 18.1. The molecule has 0 radical (unpaired) electrons. The van der Waals surface area contributed by atoms with Crippen molar-refractivity contribution in [3.05, 3.63) is 11.7 Å². The quantitative estimate of drug-likeness (QED) is 0.562. The van der Waals surface area contributed by atoms with Crippen LogP contribution in [0.3, 0.4) is 0 Å². The number of aliphatic carboxylic acids is 1. The second-order valence-corrected chi connectivity index (χ2v) is 5.95. The number of amides is 2. The lowest BCUT2D eigenvalue weighted by Gasteiger charge is -2.16. The Kier molecular flexibility index (Phi) is 7.87. The van der Waals surface area contributed by atoms with Gasteiger partial charge in [-0.2, -0.15) is 4.98 Å². The molecule has 1 aromatic rings. The largest absolute Gasteiger partial charge is 0.480 e. The molecule has 0 aromatic carbocycles. The zero-order valence-electron chi connectivity index (χ0n) is 14.2. The molecule has 0 unspecified atom stereocenters. The van der Waals surface area contributed by atoms with Gasteiger partial charge in [0, 0.05) is 12.8 Å². The van der Waals surface area contributed by atoms with E-state index in [1.165, 1.54) is 0 Å². The molecule has 0 fully saturated rings. The molecule has 0 aliphatic rings. The SMILES string of the molecule is Cc1noc(CCCC(=O)NCC(=O)N[C@@H](CC(C)C)C(=O)O)n1. The average molecular weight is 340 g/mol. The van der Waals surface area contributed by atoms with Gasteiger partial charge in [0.25, 0.3) is 0 Å². The standard InChI is InChI=1S/C15H24N4O5/c1-9(2)7-11(15(22)23)18-13(21)8-16-12(20)5-4-6-14-17-10(3)19-24-14/h9,11H,4-8H2,1-3H3,(H,16,20)(H,18,21)(H,22,23)/t11-/m0/s1. The highest BCUT2D eigenvalue weighted by atomic mass is 16.5. The van der Waals surface area contributed by atoms with E-state index in [4.69, 9.17) is 9.63 Å². The van der Waals surface area contributed by atoms with Crippen molar-refractivity contribution in [2.75, 3.05) is 6.54 Å². The van der Waals surface area contributed by atoms with E-state index in [9.17, 15) is 14.4 Å². The maximum Gasteiger partial charge on any atom is 0.326 e. The molecule has 0 saturated carbocycles.